The zero-order chi connectivity index (χ0) is 27.5. The zero-order valence-corrected chi connectivity index (χ0v) is 22.9. The van der Waals surface area contributed by atoms with Gasteiger partial charge in [0, 0.05) is 29.3 Å². The first-order valence-electron chi connectivity index (χ1n) is 13.0. The van der Waals surface area contributed by atoms with Gasteiger partial charge in [-0.25, -0.2) is 0 Å². The molecule has 1 heterocycles. The van der Waals surface area contributed by atoms with Gasteiger partial charge in [-0.05, 0) is 55.2 Å². The van der Waals surface area contributed by atoms with Crippen LogP contribution in [0.3, 0.4) is 0 Å². The normalized spacial score (nSPS) is 18.1. The molecular weight excluding hydrogens is 496 g/mol. The van der Waals surface area contributed by atoms with Crippen LogP contribution in [0.5, 0.6) is 28.7 Å². The molecule has 2 N–H and O–H groups in total. The van der Waals surface area contributed by atoms with Crippen molar-refractivity contribution in [1.82, 2.24) is 0 Å². The standard InChI is InChI=1S/C31H34N2O6/c1-6-39-25-12-11-18(15-27(25)36-3)19-13-23-30(24(34)14-19)31(33-22-10-8-7-9-21(22)32-23)20-16-28(37-4)29(38-5)17-26(20)35-2/h7-12,15-17,19,31-33H,6,13-14H2,1-5H3/t19-,31-/m1/s1. The Morgan fingerprint density at radius 1 is 0.769 bits per heavy atom. The summed E-state index contributed by atoms with van der Waals surface area (Å²) in [6, 6.07) is 17.1. The molecule has 0 fully saturated rings. The third-order valence-corrected chi connectivity index (χ3v) is 7.31. The minimum Gasteiger partial charge on any atom is -0.496 e. The Kier molecular flexibility index (Phi) is 7.54. The van der Waals surface area contributed by atoms with Crippen LogP contribution in [0.25, 0.3) is 0 Å². The minimum absolute atomic E-state index is 0.0217. The van der Waals surface area contributed by atoms with Crippen molar-refractivity contribution < 1.29 is 28.5 Å². The van der Waals surface area contributed by atoms with Crippen molar-refractivity contribution in [3.63, 3.8) is 0 Å². The van der Waals surface area contributed by atoms with Crippen LogP contribution in [0.15, 0.2) is 65.9 Å². The van der Waals surface area contributed by atoms with Gasteiger partial charge in [-0.1, -0.05) is 18.2 Å². The Labute approximate surface area is 228 Å². The number of rotatable bonds is 8. The van der Waals surface area contributed by atoms with Crippen molar-refractivity contribution in [3.05, 3.63) is 77.0 Å². The molecular formula is C31H34N2O6. The summed E-state index contributed by atoms with van der Waals surface area (Å²) in [5.41, 5.74) is 5.18. The highest BCUT2D eigenvalue weighted by atomic mass is 16.5. The SMILES string of the molecule is CCOc1ccc([C@H]2CC(=O)C3=C(C2)Nc2ccccc2N[C@@H]3c2cc(OC)c(OC)cc2OC)cc1OC. The number of Topliss-reactive ketones (excluding diaryl/α,β-unsaturated/α-hetero) is 1. The van der Waals surface area contributed by atoms with Gasteiger partial charge >= 0.3 is 0 Å². The average molecular weight is 531 g/mol. The summed E-state index contributed by atoms with van der Waals surface area (Å²) < 4.78 is 28.2. The molecule has 39 heavy (non-hydrogen) atoms. The maximum absolute atomic E-state index is 14.0. The molecule has 0 bridgehead atoms. The highest BCUT2D eigenvalue weighted by molar-refractivity contribution is 6.01. The van der Waals surface area contributed by atoms with Crippen LogP contribution in [-0.4, -0.2) is 40.8 Å². The van der Waals surface area contributed by atoms with Crippen LogP contribution in [0.1, 0.15) is 42.9 Å². The molecule has 0 spiro atoms. The van der Waals surface area contributed by atoms with E-state index in [0.717, 1.165) is 28.2 Å². The third kappa shape index (κ3) is 4.94. The second kappa shape index (κ2) is 11.2. The van der Waals surface area contributed by atoms with Gasteiger partial charge in [0.2, 0.25) is 0 Å². The number of benzene rings is 3. The number of allylic oxidation sites excluding steroid dienone is 1. The average Bonchev–Trinajstić information content (AvgIpc) is 3.13. The highest BCUT2D eigenvalue weighted by Crippen LogP contribution is 2.48. The molecule has 2 aliphatic rings. The number of para-hydroxylation sites is 2. The monoisotopic (exact) mass is 530 g/mol. The van der Waals surface area contributed by atoms with Crippen molar-refractivity contribution >= 4 is 17.2 Å². The number of fused-ring (bicyclic) bond motifs is 1. The predicted octanol–water partition coefficient (Wildman–Crippen LogP) is 6.10. The van der Waals surface area contributed by atoms with Crippen LogP contribution in [0.2, 0.25) is 0 Å². The van der Waals surface area contributed by atoms with Crippen LogP contribution in [0.4, 0.5) is 11.4 Å². The zero-order valence-electron chi connectivity index (χ0n) is 22.9. The Morgan fingerprint density at radius 3 is 2.13 bits per heavy atom. The van der Waals surface area contributed by atoms with Crippen molar-refractivity contribution in [2.24, 2.45) is 0 Å². The number of ketones is 1. The van der Waals surface area contributed by atoms with Gasteiger partial charge in [0.05, 0.1) is 52.5 Å². The number of methoxy groups -OCH3 is 4. The summed E-state index contributed by atoms with van der Waals surface area (Å²) in [5, 5.41) is 7.19. The molecule has 204 valence electrons. The first-order valence-corrected chi connectivity index (χ1v) is 13.0. The third-order valence-electron chi connectivity index (χ3n) is 7.31. The predicted molar refractivity (Wildman–Crippen MR) is 151 cm³/mol. The maximum atomic E-state index is 14.0. The number of carbonyl (C=O) groups excluding carboxylic acids is 1. The van der Waals surface area contributed by atoms with Crippen LogP contribution >= 0.6 is 0 Å². The summed E-state index contributed by atoms with van der Waals surface area (Å²) in [4.78, 5) is 14.0. The van der Waals surface area contributed by atoms with E-state index < -0.39 is 6.04 Å². The van der Waals surface area contributed by atoms with E-state index in [1.54, 1.807) is 34.5 Å². The smallest absolute Gasteiger partial charge is 0.164 e. The quantitative estimate of drug-likeness (QED) is 0.361. The van der Waals surface area contributed by atoms with Crippen molar-refractivity contribution in [2.45, 2.75) is 31.7 Å². The van der Waals surface area contributed by atoms with Gasteiger partial charge in [0.15, 0.2) is 28.8 Å². The van der Waals surface area contributed by atoms with E-state index in [9.17, 15) is 4.79 Å². The maximum Gasteiger partial charge on any atom is 0.164 e. The number of nitrogens with one attached hydrogen (secondary N) is 2. The van der Waals surface area contributed by atoms with Gasteiger partial charge < -0.3 is 34.3 Å². The van der Waals surface area contributed by atoms with E-state index in [0.29, 0.717) is 53.8 Å². The number of ether oxygens (including phenoxy) is 5. The largest absolute Gasteiger partial charge is 0.496 e. The van der Waals surface area contributed by atoms with E-state index >= 15 is 0 Å². The van der Waals surface area contributed by atoms with Crippen molar-refractivity contribution in [1.29, 1.82) is 0 Å². The van der Waals surface area contributed by atoms with Gasteiger partial charge in [0.25, 0.3) is 0 Å². The van der Waals surface area contributed by atoms with E-state index in [-0.39, 0.29) is 11.7 Å². The van der Waals surface area contributed by atoms with E-state index in [1.165, 1.54) is 0 Å². The lowest BCUT2D eigenvalue weighted by molar-refractivity contribution is -0.116. The van der Waals surface area contributed by atoms with Crippen molar-refractivity contribution in [2.75, 3.05) is 45.7 Å². The van der Waals surface area contributed by atoms with Crippen LogP contribution in [-0.2, 0) is 4.79 Å². The molecule has 1 aliphatic heterocycles. The molecule has 0 radical (unpaired) electrons. The summed E-state index contributed by atoms with van der Waals surface area (Å²) in [6.45, 7) is 2.49. The molecule has 8 heteroatoms. The van der Waals surface area contributed by atoms with E-state index in [1.807, 2.05) is 55.5 Å². The minimum atomic E-state index is -0.464. The second-order valence-corrected chi connectivity index (χ2v) is 9.46. The topological polar surface area (TPSA) is 87.3 Å². The number of hydrogen-bond acceptors (Lipinski definition) is 8. The number of anilines is 2. The molecule has 0 aromatic heterocycles. The van der Waals surface area contributed by atoms with Gasteiger partial charge in [-0.3, -0.25) is 4.79 Å². The molecule has 1 aliphatic carbocycles. The second-order valence-electron chi connectivity index (χ2n) is 9.46. The lowest BCUT2D eigenvalue weighted by atomic mass is 9.78. The fourth-order valence-electron chi connectivity index (χ4n) is 5.45. The molecule has 2 atom stereocenters. The molecule has 0 saturated heterocycles. The molecule has 0 saturated carbocycles. The Bertz CT molecular complexity index is 1420. The molecule has 0 unspecified atom stereocenters. The molecule has 3 aromatic rings. The first-order chi connectivity index (χ1) is 19.0. The molecule has 3 aromatic carbocycles. The molecule has 5 rings (SSSR count). The van der Waals surface area contributed by atoms with Gasteiger partial charge in [0.1, 0.15) is 5.75 Å². The number of hydrogen-bond donors (Lipinski definition) is 2. The fourth-order valence-corrected chi connectivity index (χ4v) is 5.45. The Balaban J connectivity index is 1.62. The van der Waals surface area contributed by atoms with Crippen LogP contribution in [0, 0.1) is 0 Å². The first kappa shape index (κ1) is 26.3. The summed E-state index contributed by atoms with van der Waals surface area (Å²) >= 11 is 0. The Hall–Kier alpha value is -4.33. The van der Waals surface area contributed by atoms with Crippen molar-refractivity contribution in [3.8, 4) is 28.7 Å². The van der Waals surface area contributed by atoms with E-state index in [2.05, 4.69) is 10.6 Å². The Morgan fingerprint density at radius 2 is 1.44 bits per heavy atom. The molecule has 0 amide bonds. The highest BCUT2D eigenvalue weighted by Gasteiger charge is 2.37. The molecule has 8 nitrogen and oxygen atoms in total. The fraction of sp³-hybridized carbons (Fsp3) is 0.323. The van der Waals surface area contributed by atoms with Gasteiger partial charge in [-0.15, -0.1) is 0 Å². The number of carbonyl (C=O) groups is 1. The van der Waals surface area contributed by atoms with Gasteiger partial charge in [-0.2, -0.15) is 0 Å². The van der Waals surface area contributed by atoms with Crippen LogP contribution < -0.4 is 34.3 Å². The lowest BCUT2D eigenvalue weighted by Crippen LogP contribution is -2.27. The lowest BCUT2D eigenvalue weighted by Gasteiger charge is -2.31. The van der Waals surface area contributed by atoms with E-state index in [4.69, 9.17) is 23.7 Å². The summed E-state index contributed by atoms with van der Waals surface area (Å²) in [6.07, 6.45) is 1.02. The summed E-state index contributed by atoms with van der Waals surface area (Å²) in [7, 11) is 6.42. The summed E-state index contributed by atoms with van der Waals surface area (Å²) in [5.74, 6) is 3.11.